The largest absolute Gasteiger partial charge is 0.601 e. The van der Waals surface area contributed by atoms with Gasteiger partial charge in [0.2, 0.25) is 17.6 Å². The number of aromatic nitrogens is 8. The van der Waals surface area contributed by atoms with E-state index in [2.05, 4.69) is 36.3 Å². The fraction of sp³-hybridized carbons (Fsp3) is 0.645. The van der Waals surface area contributed by atoms with Gasteiger partial charge in [0.25, 0.3) is 16.7 Å². The third-order valence-corrected chi connectivity index (χ3v) is 14.8. The number of rotatable bonds is 41. The molecule has 6 rings (SSSR count). The first-order valence-electron chi connectivity index (χ1n) is 31.4. The molecule has 496 valence electrons. The molecule has 6 heterocycles. The van der Waals surface area contributed by atoms with Gasteiger partial charge in [0.15, 0.2) is 0 Å². The first-order chi connectivity index (χ1) is 43.1. The maximum Gasteiger partial charge on any atom is 0.302 e. The Balaban J connectivity index is 1.11. The van der Waals surface area contributed by atoms with Crippen molar-refractivity contribution in [3.8, 4) is 17.6 Å². The third kappa shape index (κ3) is 23.3. The summed E-state index contributed by atoms with van der Waals surface area (Å²) in [5, 5.41) is 47.7. The Hall–Kier alpha value is -8.14. The molecule has 1 unspecified atom stereocenters. The van der Waals surface area contributed by atoms with E-state index in [1.807, 2.05) is 20.8 Å². The molecule has 0 bridgehead atoms. The van der Waals surface area contributed by atoms with Gasteiger partial charge in [-0.05, 0) is 156 Å². The normalized spacial score (nSPS) is 14.5. The number of hydrogen-bond donors (Lipinski definition) is 2. The molecule has 0 aliphatic carbocycles. The minimum absolute atomic E-state index is 0.0613. The number of ether oxygens (including phenoxy) is 7. The fourth-order valence-corrected chi connectivity index (χ4v) is 10.3. The number of unbranched alkanes of at least 4 members (excludes halogenated alkanes) is 6. The second-order valence-corrected chi connectivity index (χ2v) is 23.0. The SMILES string of the molecule is CC(=O)O[C@@H](CCCCn1nc(OCCCC[C@@H](C)OC(C)=O)c2cnncc2c1=O)CN1C=c2c(c(OCCCC[C@@H](C)OC(C)=O)nn(CCCCC(O)CN3C=c4c(c(OCCCC[C@@H](C)O)nn(CCCC[C@@H](C)OC(C)=O)c4=O)=C[N-]3)c2=O)=C[N-]1. The highest BCUT2D eigenvalue weighted by atomic mass is 16.6. The summed E-state index contributed by atoms with van der Waals surface area (Å²) in [4.78, 5) is 88.4. The standard InChI is InChI=1S/C62H90N12O16/c1-41(75)21-12-18-30-85-58-52-35-65-70(39-55(52)61(82)73(68-58)27-15-9-22-42(2)87-45(5)76)37-49(80)25-10-16-28-74-62(83)56-40-71(66-36-53(56)59(69-74)86-32-20-14-24-44(4)89-47(7)78)38-50(90-48(8)79)26-11-17-29-72-60(81)54-34-64-63-33-51(54)57(67-72)84-31-19-13-23-43(3)88-46(6)77/h33-36,39-44,49-50,75,80H,9-32,37-38H2,1-8H3/q-2/t41-,42-,43-,44-,49?,50+/m1/s1. The number of esters is 4. The van der Waals surface area contributed by atoms with E-state index in [1.165, 1.54) is 76.6 Å². The second kappa shape index (κ2) is 36.5. The van der Waals surface area contributed by atoms with Gasteiger partial charge < -0.3 is 64.2 Å². The first-order valence-corrected chi connectivity index (χ1v) is 31.4. The number of β-amino-alcohol motifs (C(OH)–C–C–N with tert-alkyl or cyclic N) is 1. The number of hydrogen-bond acceptors (Lipinski definition) is 23. The Morgan fingerprint density at radius 3 is 1.31 bits per heavy atom. The summed E-state index contributed by atoms with van der Waals surface area (Å²) >= 11 is 0. The summed E-state index contributed by atoms with van der Waals surface area (Å²) in [6.07, 6.45) is 16.7. The van der Waals surface area contributed by atoms with Gasteiger partial charge in [0.05, 0.1) is 83.9 Å². The minimum atomic E-state index is -0.884. The molecular weight excluding hydrogens is 1170 g/mol. The van der Waals surface area contributed by atoms with Crippen molar-refractivity contribution in [1.29, 1.82) is 0 Å². The molecule has 2 aliphatic rings. The molecule has 6 atom stereocenters. The molecule has 0 saturated heterocycles. The maximum atomic E-state index is 14.3. The molecule has 0 aromatic carbocycles. The van der Waals surface area contributed by atoms with Crippen LogP contribution in [-0.2, 0) is 57.8 Å². The van der Waals surface area contributed by atoms with Crippen molar-refractivity contribution in [3.63, 3.8) is 0 Å². The highest BCUT2D eigenvalue weighted by Crippen LogP contribution is 2.21. The summed E-state index contributed by atoms with van der Waals surface area (Å²) in [6.45, 7) is 14.3. The summed E-state index contributed by atoms with van der Waals surface area (Å²) in [5.74, 6) is -0.881. The predicted molar refractivity (Wildman–Crippen MR) is 332 cm³/mol. The smallest absolute Gasteiger partial charge is 0.302 e. The van der Waals surface area contributed by atoms with Crippen LogP contribution in [0.5, 0.6) is 17.6 Å². The van der Waals surface area contributed by atoms with Crippen molar-refractivity contribution < 1.29 is 62.5 Å². The van der Waals surface area contributed by atoms with Gasteiger partial charge in [-0.15, -0.1) is 27.7 Å². The zero-order valence-corrected chi connectivity index (χ0v) is 53.3. The molecule has 4 aromatic heterocycles. The average molecular weight is 1260 g/mol. The van der Waals surface area contributed by atoms with E-state index in [4.69, 9.17) is 33.2 Å². The van der Waals surface area contributed by atoms with Gasteiger partial charge in [-0.3, -0.25) is 33.6 Å². The van der Waals surface area contributed by atoms with Crippen LogP contribution in [0.2, 0.25) is 0 Å². The molecule has 0 amide bonds. The van der Waals surface area contributed by atoms with Crippen LogP contribution in [0.3, 0.4) is 0 Å². The van der Waals surface area contributed by atoms with Crippen LogP contribution in [0.4, 0.5) is 0 Å². The molecule has 28 heteroatoms. The Morgan fingerprint density at radius 2 is 0.844 bits per heavy atom. The molecule has 0 spiro atoms. The van der Waals surface area contributed by atoms with Crippen LogP contribution in [0.25, 0.3) is 46.4 Å². The lowest BCUT2D eigenvalue weighted by Gasteiger charge is -2.38. The van der Waals surface area contributed by atoms with Crippen molar-refractivity contribution in [2.45, 2.75) is 227 Å². The average Bonchev–Trinajstić information content (AvgIpc) is 0.973. The van der Waals surface area contributed by atoms with E-state index in [1.54, 1.807) is 19.3 Å². The quantitative estimate of drug-likeness (QED) is 0.0364. The molecule has 0 radical (unpaired) electrons. The highest BCUT2D eigenvalue weighted by Gasteiger charge is 2.20. The maximum absolute atomic E-state index is 14.3. The van der Waals surface area contributed by atoms with Crippen molar-refractivity contribution >= 4 is 59.4 Å². The van der Waals surface area contributed by atoms with Crippen LogP contribution < -0.4 is 51.8 Å². The summed E-state index contributed by atoms with van der Waals surface area (Å²) in [6, 6.07) is 0. The lowest BCUT2D eigenvalue weighted by molar-refractivity contribution is -0.147. The van der Waals surface area contributed by atoms with Crippen LogP contribution >= 0.6 is 0 Å². The van der Waals surface area contributed by atoms with Crippen molar-refractivity contribution in [1.82, 2.24) is 49.6 Å². The zero-order valence-electron chi connectivity index (χ0n) is 53.3. The van der Waals surface area contributed by atoms with E-state index < -0.39 is 29.8 Å². The molecule has 28 nitrogen and oxygen atoms in total. The highest BCUT2D eigenvalue weighted by molar-refractivity contribution is 5.84. The second-order valence-electron chi connectivity index (χ2n) is 23.0. The number of carbonyl (C=O) groups is 4. The topological polar surface area (TPSA) is 338 Å². The van der Waals surface area contributed by atoms with Crippen LogP contribution in [0.1, 0.15) is 171 Å². The Kier molecular flexibility index (Phi) is 28.8. The van der Waals surface area contributed by atoms with E-state index in [-0.39, 0.29) is 103 Å². The number of nitrogens with zero attached hydrogens (tertiary/aromatic N) is 12. The van der Waals surface area contributed by atoms with Crippen molar-refractivity contribution in [3.05, 3.63) is 75.2 Å². The summed E-state index contributed by atoms with van der Waals surface area (Å²) in [5.41, 5.74) is 7.98. The Bertz CT molecular complexity index is 3470. The molecule has 90 heavy (non-hydrogen) atoms. The molecule has 0 saturated carbocycles. The monoisotopic (exact) mass is 1260 g/mol. The van der Waals surface area contributed by atoms with Crippen molar-refractivity contribution in [2.24, 2.45) is 0 Å². The zero-order chi connectivity index (χ0) is 65.1. The van der Waals surface area contributed by atoms with Crippen LogP contribution in [0, 0.1) is 0 Å². The summed E-state index contributed by atoms with van der Waals surface area (Å²) < 4.78 is 43.9. The third-order valence-electron chi connectivity index (χ3n) is 14.8. The van der Waals surface area contributed by atoms with Gasteiger partial charge in [-0.2, -0.15) is 10.2 Å². The van der Waals surface area contributed by atoms with E-state index in [0.29, 0.717) is 149 Å². The predicted octanol–water partition coefficient (Wildman–Crippen LogP) is 3.55. The number of aryl methyl sites for hydroxylation is 3. The molecular formula is C62H90N12O16-2. The van der Waals surface area contributed by atoms with Gasteiger partial charge in [-0.25, -0.2) is 14.0 Å². The molecule has 2 N–H and O–H groups in total. The lowest BCUT2D eigenvalue weighted by atomic mass is 10.1. The number of fused-ring (bicyclic) bond motifs is 3. The fourth-order valence-electron chi connectivity index (χ4n) is 10.3. The Morgan fingerprint density at radius 1 is 0.456 bits per heavy atom. The van der Waals surface area contributed by atoms with Crippen LogP contribution in [0.15, 0.2) is 26.8 Å². The van der Waals surface area contributed by atoms with E-state index in [9.17, 15) is 43.8 Å². The molecule has 0 fully saturated rings. The lowest BCUT2D eigenvalue weighted by Crippen LogP contribution is -2.50. The molecule has 4 aromatic rings. The number of aliphatic hydroxyl groups excluding tert-OH is 2. The van der Waals surface area contributed by atoms with Gasteiger partial charge >= 0.3 is 23.9 Å². The van der Waals surface area contributed by atoms with E-state index in [0.717, 1.165) is 12.8 Å². The number of aliphatic hydroxyl groups is 2. The van der Waals surface area contributed by atoms with Crippen LogP contribution in [-0.4, -0.2) is 153 Å². The van der Waals surface area contributed by atoms with E-state index >= 15 is 0 Å². The Labute approximate surface area is 522 Å². The molecule has 2 aliphatic heterocycles. The summed E-state index contributed by atoms with van der Waals surface area (Å²) in [7, 11) is 0. The van der Waals surface area contributed by atoms with Gasteiger partial charge in [-0.1, -0.05) is 0 Å². The first kappa shape index (κ1) is 70.9. The number of carbonyl (C=O) groups excluding carboxylic acids is 4. The van der Waals surface area contributed by atoms with Crippen molar-refractivity contribution in [2.75, 3.05) is 32.9 Å². The van der Waals surface area contributed by atoms with Gasteiger partial charge in [0.1, 0.15) is 6.10 Å². The minimum Gasteiger partial charge on any atom is -0.601 e. The van der Waals surface area contributed by atoms with Gasteiger partial charge in [0, 0.05) is 70.9 Å².